The van der Waals surface area contributed by atoms with Crippen LogP contribution in [-0.2, 0) is 4.79 Å². The first kappa shape index (κ1) is 12.1. The van der Waals surface area contributed by atoms with Gasteiger partial charge in [-0.1, -0.05) is 0 Å². The third kappa shape index (κ3) is 2.75. The highest BCUT2D eigenvalue weighted by atomic mass is 18.2. The summed E-state index contributed by atoms with van der Waals surface area (Å²) in [5.41, 5.74) is 15.4. The number of nitrogens with one attached hydrogen (secondary N) is 1. The molecule has 7 N–H and O–H groups in total. The van der Waals surface area contributed by atoms with Gasteiger partial charge in [0.1, 0.15) is 5.82 Å². The molecule has 1 aromatic carbocycles. The fourth-order valence-corrected chi connectivity index (χ4v) is 0.923. The smallest absolute Gasteiger partial charge is 0.273 e. The third-order valence-corrected chi connectivity index (χ3v) is 1.83. The molecule has 0 heterocycles. The zero-order valence-corrected chi connectivity index (χ0v) is 8.24. The molecule has 0 aliphatic heterocycles. The average Bonchev–Trinajstić information content (AvgIpc) is 2.17. The number of hydrogen-bond acceptors (Lipinski definition) is 4. The highest BCUT2D eigenvalue weighted by molar-refractivity contribution is 5.98. The summed E-state index contributed by atoms with van der Waals surface area (Å²) in [6.45, 7) is 0. The zero-order valence-electron chi connectivity index (χ0n) is 8.24. The summed E-state index contributed by atoms with van der Waals surface area (Å²) in [6.07, 6.45) is 0. The molecule has 16 heavy (non-hydrogen) atoms. The van der Waals surface area contributed by atoms with Crippen molar-refractivity contribution in [3.05, 3.63) is 35.6 Å². The second-order valence-electron chi connectivity index (χ2n) is 3.19. The van der Waals surface area contributed by atoms with Gasteiger partial charge in [0.25, 0.3) is 11.8 Å². The van der Waals surface area contributed by atoms with Gasteiger partial charge in [-0.15, -0.1) is 0 Å². The Kier molecular flexibility index (Phi) is 3.21. The third-order valence-electron chi connectivity index (χ3n) is 1.83. The molecule has 0 spiro atoms. The number of amides is 2. The van der Waals surface area contributed by atoms with Crippen LogP contribution in [0.2, 0.25) is 0 Å². The van der Waals surface area contributed by atoms with Gasteiger partial charge in [0.2, 0.25) is 5.79 Å². The van der Waals surface area contributed by atoms with Gasteiger partial charge in [-0.25, -0.2) is 4.39 Å². The van der Waals surface area contributed by atoms with E-state index in [1.807, 2.05) is 5.32 Å². The molecule has 1 rings (SSSR count). The Hall–Kier alpha value is -1.99. The molecule has 1 aromatic rings. The van der Waals surface area contributed by atoms with Crippen LogP contribution in [0.3, 0.4) is 0 Å². The van der Waals surface area contributed by atoms with Crippen LogP contribution >= 0.6 is 0 Å². The monoisotopic (exact) mass is 225 g/mol. The molecule has 0 unspecified atom stereocenters. The maximum atomic E-state index is 12.6. The Morgan fingerprint density at radius 3 is 2.12 bits per heavy atom. The van der Waals surface area contributed by atoms with E-state index in [0.29, 0.717) is 0 Å². The molecule has 7 heteroatoms. The Balaban J connectivity index is 2.81. The van der Waals surface area contributed by atoms with Crippen molar-refractivity contribution in [3.63, 3.8) is 0 Å². The fraction of sp³-hybridized carbons (Fsp3) is 0.111. The van der Waals surface area contributed by atoms with Gasteiger partial charge >= 0.3 is 0 Å². The fourth-order valence-electron chi connectivity index (χ4n) is 0.923. The van der Waals surface area contributed by atoms with Crippen molar-refractivity contribution in [2.45, 2.75) is 5.79 Å². The van der Waals surface area contributed by atoms with Crippen molar-refractivity contribution in [1.82, 2.24) is 5.32 Å². The van der Waals surface area contributed by atoms with Gasteiger partial charge in [0.15, 0.2) is 0 Å². The van der Waals surface area contributed by atoms with E-state index in [-0.39, 0.29) is 5.56 Å². The molecule has 0 bridgehead atoms. The number of carbonyl (C=O) groups is 2. The predicted octanol–water partition coefficient (Wildman–Crippen LogP) is -1.39. The van der Waals surface area contributed by atoms with Crippen molar-refractivity contribution >= 4 is 11.8 Å². The van der Waals surface area contributed by atoms with E-state index in [1.54, 1.807) is 0 Å². The first-order valence-corrected chi connectivity index (χ1v) is 4.28. The molecule has 0 atom stereocenters. The minimum absolute atomic E-state index is 0.114. The zero-order chi connectivity index (χ0) is 12.3. The number of carbonyl (C=O) groups excluding carboxylic acids is 2. The number of hydrogen-bond donors (Lipinski definition) is 4. The van der Waals surface area contributed by atoms with Crippen LogP contribution in [0, 0.1) is 5.82 Å². The van der Waals surface area contributed by atoms with Crippen LogP contribution in [0.1, 0.15) is 10.4 Å². The normalized spacial score (nSPS) is 10.9. The van der Waals surface area contributed by atoms with Crippen molar-refractivity contribution in [3.8, 4) is 0 Å². The predicted molar refractivity (Wildman–Crippen MR) is 54.2 cm³/mol. The van der Waals surface area contributed by atoms with E-state index in [0.717, 1.165) is 12.1 Å². The van der Waals surface area contributed by atoms with E-state index in [1.165, 1.54) is 12.1 Å². The first-order valence-electron chi connectivity index (χ1n) is 4.28. The Bertz CT molecular complexity index is 416. The van der Waals surface area contributed by atoms with Gasteiger partial charge in [-0.3, -0.25) is 21.1 Å². The highest BCUT2D eigenvalue weighted by Crippen LogP contribution is 2.03. The SMILES string of the molecule is NC(=O)C(N)(N)NC(=O)c1ccc([18F])cc1. The van der Waals surface area contributed by atoms with E-state index in [4.69, 9.17) is 17.2 Å². The molecule has 0 aliphatic carbocycles. The number of halogens is 1. The lowest BCUT2D eigenvalue weighted by molar-refractivity contribution is -0.123. The number of primary amides is 1. The molecule has 0 aromatic heterocycles. The summed E-state index contributed by atoms with van der Waals surface area (Å²) < 4.78 is 12.6. The van der Waals surface area contributed by atoms with Gasteiger partial charge < -0.3 is 11.1 Å². The molecule has 0 radical (unpaired) electrons. The molecule has 0 aliphatic rings. The lowest BCUT2D eigenvalue weighted by Gasteiger charge is -2.21. The average molecular weight is 225 g/mol. The van der Waals surface area contributed by atoms with Gasteiger partial charge in [0, 0.05) is 5.56 Å². The molecule has 0 fully saturated rings. The molecule has 86 valence electrons. The Labute approximate surface area is 90.6 Å². The molecular weight excluding hydrogens is 214 g/mol. The second kappa shape index (κ2) is 4.25. The van der Waals surface area contributed by atoms with Crippen LogP contribution in [0.4, 0.5) is 4.39 Å². The van der Waals surface area contributed by atoms with Crippen molar-refractivity contribution < 1.29 is 14.0 Å². The van der Waals surface area contributed by atoms with Crippen molar-refractivity contribution in [2.75, 3.05) is 0 Å². The van der Waals surface area contributed by atoms with Gasteiger partial charge in [-0.05, 0) is 24.3 Å². The lowest BCUT2D eigenvalue weighted by atomic mass is 10.2. The molecular formula is C9H11FN4O2. The maximum Gasteiger partial charge on any atom is 0.273 e. The first-order chi connectivity index (χ1) is 7.33. The minimum Gasteiger partial charge on any atom is -0.365 e. The number of rotatable bonds is 3. The molecule has 6 nitrogen and oxygen atoms in total. The van der Waals surface area contributed by atoms with E-state index >= 15 is 0 Å². The maximum absolute atomic E-state index is 12.6. The summed E-state index contributed by atoms with van der Waals surface area (Å²) in [7, 11) is 0. The van der Waals surface area contributed by atoms with E-state index in [2.05, 4.69) is 0 Å². The minimum atomic E-state index is -2.13. The lowest BCUT2D eigenvalue weighted by Crippen LogP contribution is -2.70. The largest absolute Gasteiger partial charge is 0.365 e. The molecule has 0 saturated carbocycles. The summed E-state index contributed by atoms with van der Waals surface area (Å²) in [5.74, 6) is -4.42. The molecule has 0 saturated heterocycles. The summed E-state index contributed by atoms with van der Waals surface area (Å²) >= 11 is 0. The number of benzene rings is 1. The Morgan fingerprint density at radius 1 is 1.19 bits per heavy atom. The van der Waals surface area contributed by atoms with Crippen LogP contribution in [0.15, 0.2) is 24.3 Å². The van der Waals surface area contributed by atoms with Crippen LogP contribution in [0.5, 0.6) is 0 Å². The highest BCUT2D eigenvalue weighted by Gasteiger charge is 2.28. The topological polar surface area (TPSA) is 124 Å². The summed E-state index contributed by atoms with van der Waals surface area (Å²) in [4.78, 5) is 22.2. The quantitative estimate of drug-likeness (QED) is 0.473. The second-order valence-corrected chi connectivity index (χ2v) is 3.19. The summed E-state index contributed by atoms with van der Waals surface area (Å²) in [6, 6.07) is 4.63. The van der Waals surface area contributed by atoms with Crippen molar-refractivity contribution in [2.24, 2.45) is 17.2 Å². The van der Waals surface area contributed by atoms with E-state index in [9.17, 15) is 14.0 Å². The standard InChI is InChI=1S/C9H11FN4O2/c10-6-3-1-5(2-4-6)7(15)14-9(12,13)8(11)16/h1-4H,12-13H2,(H2,11,16)(H,14,15)/i10-1. The van der Waals surface area contributed by atoms with Crippen LogP contribution < -0.4 is 22.5 Å². The summed E-state index contributed by atoms with van der Waals surface area (Å²) in [5, 5.41) is 2.01. The van der Waals surface area contributed by atoms with Gasteiger partial charge in [-0.2, -0.15) is 0 Å². The van der Waals surface area contributed by atoms with Crippen LogP contribution in [-0.4, -0.2) is 17.6 Å². The Morgan fingerprint density at radius 2 is 1.69 bits per heavy atom. The van der Waals surface area contributed by atoms with Crippen LogP contribution in [0.25, 0.3) is 0 Å². The molecule has 2 amide bonds. The van der Waals surface area contributed by atoms with Gasteiger partial charge in [0.05, 0.1) is 0 Å². The van der Waals surface area contributed by atoms with Crippen molar-refractivity contribution in [1.29, 1.82) is 0 Å². The van der Waals surface area contributed by atoms with E-state index < -0.39 is 23.4 Å². The number of nitrogens with two attached hydrogens (primary N) is 3.